The first kappa shape index (κ1) is 17.7. The second-order valence-electron chi connectivity index (χ2n) is 7.60. The maximum Gasteiger partial charge on any atom is 0.262 e. The lowest BCUT2D eigenvalue weighted by Gasteiger charge is -2.31. The number of hydrogen-bond acceptors (Lipinski definition) is 3. The molecular formula is C21H27NO3. The van der Waals surface area contributed by atoms with Crippen LogP contribution in [0.2, 0.25) is 0 Å². The van der Waals surface area contributed by atoms with Crippen LogP contribution in [0.3, 0.4) is 0 Å². The van der Waals surface area contributed by atoms with Gasteiger partial charge in [0, 0.05) is 12.1 Å². The molecule has 4 nitrogen and oxygen atoms in total. The fourth-order valence-electron chi connectivity index (χ4n) is 4.13. The lowest BCUT2D eigenvalue weighted by atomic mass is 9.88. The van der Waals surface area contributed by atoms with E-state index < -0.39 is 6.04 Å². The SMILES string of the molecule is CC(C)[C@H]1C(=O)/C(=C(\O)c2ccccc2)C(=O)N1CC1CCCCC1. The summed E-state index contributed by atoms with van der Waals surface area (Å²) >= 11 is 0. The molecule has 0 aromatic heterocycles. The maximum absolute atomic E-state index is 13.0. The summed E-state index contributed by atoms with van der Waals surface area (Å²) in [6.45, 7) is 4.55. The van der Waals surface area contributed by atoms with E-state index in [-0.39, 0.29) is 28.9 Å². The second kappa shape index (κ2) is 7.42. The minimum Gasteiger partial charge on any atom is -0.506 e. The van der Waals surface area contributed by atoms with Crippen LogP contribution in [-0.2, 0) is 9.59 Å². The van der Waals surface area contributed by atoms with E-state index in [1.54, 1.807) is 29.2 Å². The van der Waals surface area contributed by atoms with Crippen molar-refractivity contribution in [3.63, 3.8) is 0 Å². The van der Waals surface area contributed by atoms with E-state index in [9.17, 15) is 14.7 Å². The predicted octanol–water partition coefficient (Wildman–Crippen LogP) is 3.97. The van der Waals surface area contributed by atoms with E-state index in [1.807, 2.05) is 19.9 Å². The molecular weight excluding hydrogens is 314 g/mol. The van der Waals surface area contributed by atoms with E-state index in [0.717, 1.165) is 12.8 Å². The van der Waals surface area contributed by atoms with Crippen LogP contribution in [0.1, 0.15) is 51.5 Å². The molecule has 1 heterocycles. The largest absolute Gasteiger partial charge is 0.506 e. The molecule has 4 heteroatoms. The second-order valence-corrected chi connectivity index (χ2v) is 7.60. The van der Waals surface area contributed by atoms with Gasteiger partial charge in [-0.1, -0.05) is 63.4 Å². The Bertz CT molecular complexity index is 672. The van der Waals surface area contributed by atoms with Crippen molar-refractivity contribution in [3.05, 3.63) is 41.5 Å². The zero-order valence-electron chi connectivity index (χ0n) is 15.1. The molecule has 0 radical (unpaired) electrons. The molecule has 1 saturated heterocycles. The number of ketones is 1. The van der Waals surface area contributed by atoms with Crippen molar-refractivity contribution in [2.45, 2.75) is 52.0 Å². The number of benzene rings is 1. The van der Waals surface area contributed by atoms with Crippen molar-refractivity contribution in [2.24, 2.45) is 11.8 Å². The Labute approximate surface area is 149 Å². The van der Waals surface area contributed by atoms with Crippen LogP contribution in [0, 0.1) is 11.8 Å². The molecule has 1 saturated carbocycles. The average molecular weight is 341 g/mol. The topological polar surface area (TPSA) is 57.6 Å². The van der Waals surface area contributed by atoms with Crippen molar-refractivity contribution in [1.82, 2.24) is 4.90 Å². The van der Waals surface area contributed by atoms with Crippen molar-refractivity contribution >= 4 is 17.4 Å². The number of aliphatic hydroxyl groups excluding tert-OH is 1. The highest BCUT2D eigenvalue weighted by atomic mass is 16.3. The van der Waals surface area contributed by atoms with Crippen LogP contribution >= 0.6 is 0 Å². The molecule has 1 aliphatic heterocycles. The minimum absolute atomic E-state index is 0.0288. The van der Waals surface area contributed by atoms with Gasteiger partial charge in [-0.3, -0.25) is 9.59 Å². The first-order valence-corrected chi connectivity index (χ1v) is 9.34. The number of Topliss-reactive ketones (excluding diaryl/α,β-unsaturated/α-hetero) is 1. The normalized spacial score (nSPS) is 24.3. The summed E-state index contributed by atoms with van der Waals surface area (Å²) in [6.07, 6.45) is 5.89. The van der Waals surface area contributed by atoms with Crippen LogP contribution in [0.4, 0.5) is 0 Å². The summed E-state index contributed by atoms with van der Waals surface area (Å²) in [4.78, 5) is 27.7. The van der Waals surface area contributed by atoms with E-state index >= 15 is 0 Å². The molecule has 0 unspecified atom stereocenters. The smallest absolute Gasteiger partial charge is 0.262 e. The predicted molar refractivity (Wildman–Crippen MR) is 97.9 cm³/mol. The molecule has 1 amide bonds. The van der Waals surface area contributed by atoms with Crippen LogP contribution < -0.4 is 0 Å². The highest BCUT2D eigenvalue weighted by Crippen LogP contribution is 2.33. The molecule has 1 atom stereocenters. The Morgan fingerprint density at radius 1 is 1.12 bits per heavy atom. The van der Waals surface area contributed by atoms with Crippen LogP contribution in [0.25, 0.3) is 5.76 Å². The molecule has 2 aliphatic rings. The standard InChI is InChI=1S/C21H27NO3/c1-14(2)18-20(24)17(19(23)16-11-7-4-8-12-16)21(25)22(18)13-15-9-5-3-6-10-15/h4,7-8,11-12,14-15,18,23H,3,5-6,9-10,13H2,1-2H3/b19-17+/t18-/m0/s1. The Morgan fingerprint density at radius 2 is 1.76 bits per heavy atom. The summed E-state index contributed by atoms with van der Waals surface area (Å²) in [7, 11) is 0. The monoisotopic (exact) mass is 341 g/mol. The Balaban J connectivity index is 1.93. The number of nitrogens with zero attached hydrogens (tertiary/aromatic N) is 1. The third-order valence-corrected chi connectivity index (χ3v) is 5.42. The summed E-state index contributed by atoms with van der Waals surface area (Å²) in [5, 5.41) is 10.6. The number of rotatable bonds is 4. The molecule has 1 aliphatic carbocycles. The quantitative estimate of drug-likeness (QED) is 0.512. The highest BCUT2D eigenvalue weighted by molar-refractivity contribution is 6.30. The van der Waals surface area contributed by atoms with Gasteiger partial charge >= 0.3 is 0 Å². The fraction of sp³-hybridized carbons (Fsp3) is 0.524. The van der Waals surface area contributed by atoms with Gasteiger partial charge in [0.05, 0.1) is 6.04 Å². The number of hydrogen-bond donors (Lipinski definition) is 1. The van der Waals surface area contributed by atoms with E-state index in [4.69, 9.17) is 0 Å². The molecule has 3 rings (SSSR count). The van der Waals surface area contributed by atoms with Gasteiger partial charge in [-0.2, -0.15) is 0 Å². The van der Waals surface area contributed by atoms with Gasteiger partial charge in [-0.05, 0) is 24.7 Å². The van der Waals surface area contributed by atoms with Crippen LogP contribution in [-0.4, -0.2) is 34.3 Å². The highest BCUT2D eigenvalue weighted by Gasteiger charge is 2.47. The van der Waals surface area contributed by atoms with Crippen molar-refractivity contribution in [1.29, 1.82) is 0 Å². The van der Waals surface area contributed by atoms with Gasteiger partial charge in [0.15, 0.2) is 5.78 Å². The number of likely N-dealkylation sites (tertiary alicyclic amines) is 1. The fourth-order valence-corrected chi connectivity index (χ4v) is 4.13. The third-order valence-electron chi connectivity index (χ3n) is 5.42. The van der Waals surface area contributed by atoms with Gasteiger partial charge < -0.3 is 10.0 Å². The Hall–Kier alpha value is -2.10. The van der Waals surface area contributed by atoms with Crippen molar-refractivity contribution in [3.8, 4) is 0 Å². The summed E-state index contributed by atoms with van der Waals surface area (Å²) in [6, 6.07) is 8.39. The molecule has 1 aromatic rings. The zero-order valence-corrected chi connectivity index (χ0v) is 15.1. The molecule has 2 fully saturated rings. The number of amides is 1. The first-order valence-electron chi connectivity index (χ1n) is 9.34. The molecule has 0 bridgehead atoms. The van der Waals surface area contributed by atoms with E-state index in [1.165, 1.54) is 19.3 Å². The molecule has 25 heavy (non-hydrogen) atoms. The third kappa shape index (κ3) is 3.48. The van der Waals surface area contributed by atoms with Crippen molar-refractivity contribution < 1.29 is 14.7 Å². The molecule has 0 spiro atoms. The lowest BCUT2D eigenvalue weighted by Crippen LogP contribution is -2.42. The van der Waals surface area contributed by atoms with Crippen molar-refractivity contribution in [2.75, 3.05) is 6.54 Å². The van der Waals surface area contributed by atoms with E-state index in [0.29, 0.717) is 18.0 Å². The molecule has 1 N–H and O–H groups in total. The molecule has 134 valence electrons. The van der Waals surface area contributed by atoms with Gasteiger partial charge in [0.1, 0.15) is 11.3 Å². The zero-order chi connectivity index (χ0) is 18.0. The van der Waals surface area contributed by atoms with Gasteiger partial charge in [0.25, 0.3) is 5.91 Å². The Morgan fingerprint density at radius 3 is 2.36 bits per heavy atom. The van der Waals surface area contributed by atoms with Gasteiger partial charge in [0.2, 0.25) is 0 Å². The summed E-state index contributed by atoms with van der Waals surface area (Å²) in [5.41, 5.74) is 0.474. The van der Waals surface area contributed by atoms with E-state index in [2.05, 4.69) is 0 Å². The van der Waals surface area contributed by atoms with Crippen LogP contribution in [0.5, 0.6) is 0 Å². The Kier molecular flexibility index (Phi) is 5.26. The number of carbonyl (C=O) groups excluding carboxylic acids is 2. The van der Waals surface area contributed by atoms with Gasteiger partial charge in [-0.15, -0.1) is 0 Å². The lowest BCUT2D eigenvalue weighted by molar-refractivity contribution is -0.129. The number of carbonyl (C=O) groups is 2. The average Bonchev–Trinajstić information content (AvgIpc) is 2.86. The summed E-state index contributed by atoms with van der Waals surface area (Å²) < 4.78 is 0. The maximum atomic E-state index is 13.0. The van der Waals surface area contributed by atoms with Gasteiger partial charge in [-0.25, -0.2) is 0 Å². The number of aliphatic hydroxyl groups is 1. The van der Waals surface area contributed by atoms with Crippen LogP contribution in [0.15, 0.2) is 35.9 Å². The summed E-state index contributed by atoms with van der Waals surface area (Å²) in [5.74, 6) is -0.244. The molecule has 1 aromatic carbocycles. The minimum atomic E-state index is -0.463. The first-order chi connectivity index (χ1) is 12.0.